The van der Waals surface area contributed by atoms with Gasteiger partial charge in [-0.1, -0.05) is 56.3 Å². The first kappa shape index (κ1) is 21.1. The van der Waals surface area contributed by atoms with Crippen LogP contribution in [0.2, 0.25) is 0 Å². The number of nitrogens with zero attached hydrogens (tertiary/aromatic N) is 1. The van der Waals surface area contributed by atoms with E-state index in [4.69, 9.17) is 0 Å². The molecule has 1 amide bonds. The molecule has 0 unspecified atom stereocenters. The summed E-state index contributed by atoms with van der Waals surface area (Å²) >= 11 is 0. The Bertz CT molecular complexity index is 831. The lowest BCUT2D eigenvalue weighted by Crippen LogP contribution is -2.34. The Morgan fingerprint density at radius 2 is 1.63 bits per heavy atom. The summed E-state index contributed by atoms with van der Waals surface area (Å²) in [6.07, 6.45) is 1.92. The predicted octanol–water partition coefficient (Wildman–Crippen LogP) is 3.64. The highest BCUT2D eigenvalue weighted by Gasteiger charge is 2.17. The van der Waals surface area contributed by atoms with Crippen LogP contribution in [0, 0.1) is 0 Å². The zero-order chi connectivity index (χ0) is 19.9. The normalized spacial score (nSPS) is 11.7. The molecule has 0 heterocycles. The van der Waals surface area contributed by atoms with Crippen LogP contribution in [0.1, 0.15) is 37.3 Å². The molecule has 2 rings (SSSR count). The quantitative estimate of drug-likeness (QED) is 0.713. The van der Waals surface area contributed by atoms with Crippen molar-refractivity contribution in [2.45, 2.75) is 32.6 Å². The lowest BCUT2D eigenvalue weighted by Gasteiger charge is -2.19. The van der Waals surface area contributed by atoms with Crippen molar-refractivity contribution >= 4 is 21.6 Å². The zero-order valence-corrected chi connectivity index (χ0v) is 17.0. The van der Waals surface area contributed by atoms with Gasteiger partial charge in [0.1, 0.15) is 0 Å². The van der Waals surface area contributed by atoms with Crippen LogP contribution in [0.5, 0.6) is 0 Å². The Kier molecular flexibility index (Phi) is 7.56. The minimum Gasteiger partial charge on any atom is -0.326 e. The van der Waals surface area contributed by atoms with E-state index in [0.29, 0.717) is 18.9 Å². The van der Waals surface area contributed by atoms with Gasteiger partial charge in [-0.25, -0.2) is 12.7 Å². The fourth-order valence-corrected chi connectivity index (χ4v) is 3.59. The van der Waals surface area contributed by atoms with Crippen LogP contribution >= 0.6 is 0 Å². The predicted molar refractivity (Wildman–Crippen MR) is 110 cm³/mol. The van der Waals surface area contributed by atoms with Crippen molar-refractivity contribution < 1.29 is 13.2 Å². The third kappa shape index (κ3) is 7.15. The molecule has 146 valence electrons. The van der Waals surface area contributed by atoms with E-state index in [-0.39, 0.29) is 18.9 Å². The molecule has 0 saturated heterocycles. The third-order valence-corrected chi connectivity index (χ3v) is 5.71. The summed E-state index contributed by atoms with van der Waals surface area (Å²) in [5, 5.41) is 2.83. The van der Waals surface area contributed by atoms with Crippen molar-refractivity contribution in [1.29, 1.82) is 0 Å². The fraction of sp³-hybridized carbons (Fsp3) is 0.381. The number of amides is 1. The molecule has 27 heavy (non-hydrogen) atoms. The number of nitrogens with one attached hydrogen (secondary N) is 1. The largest absolute Gasteiger partial charge is 0.326 e. The minimum atomic E-state index is -3.37. The highest BCUT2D eigenvalue weighted by molar-refractivity contribution is 7.88. The van der Waals surface area contributed by atoms with Gasteiger partial charge in [0.15, 0.2) is 0 Å². The summed E-state index contributed by atoms with van der Waals surface area (Å²) in [6.45, 7) is 4.76. The first-order valence-corrected chi connectivity index (χ1v) is 11.0. The van der Waals surface area contributed by atoms with Gasteiger partial charge in [-0.3, -0.25) is 4.79 Å². The smallest absolute Gasteiger partial charge is 0.225 e. The van der Waals surface area contributed by atoms with Crippen molar-refractivity contribution in [2.75, 3.05) is 24.7 Å². The second-order valence-corrected chi connectivity index (χ2v) is 8.95. The van der Waals surface area contributed by atoms with Crippen LogP contribution < -0.4 is 5.32 Å². The van der Waals surface area contributed by atoms with Gasteiger partial charge in [-0.2, -0.15) is 0 Å². The van der Waals surface area contributed by atoms with Crippen LogP contribution in [0.25, 0.3) is 0 Å². The second-order valence-electron chi connectivity index (χ2n) is 6.97. The Hall–Kier alpha value is -2.18. The maximum absolute atomic E-state index is 12.2. The Balaban J connectivity index is 1.89. The number of anilines is 1. The maximum atomic E-state index is 12.2. The highest BCUT2D eigenvalue weighted by Crippen LogP contribution is 2.17. The van der Waals surface area contributed by atoms with Gasteiger partial charge in [-0.15, -0.1) is 0 Å². The average Bonchev–Trinajstić information content (AvgIpc) is 2.62. The van der Waals surface area contributed by atoms with Crippen LogP contribution in [-0.4, -0.2) is 38.0 Å². The van der Waals surface area contributed by atoms with E-state index < -0.39 is 10.0 Å². The molecular weight excluding hydrogens is 360 g/mol. The highest BCUT2D eigenvalue weighted by atomic mass is 32.2. The van der Waals surface area contributed by atoms with Crippen LogP contribution in [0.4, 0.5) is 5.69 Å². The average molecular weight is 389 g/mol. The van der Waals surface area contributed by atoms with Crippen molar-refractivity contribution in [3.63, 3.8) is 0 Å². The van der Waals surface area contributed by atoms with E-state index in [2.05, 4.69) is 19.2 Å². The number of hydrogen-bond acceptors (Lipinski definition) is 3. The number of benzene rings is 2. The monoisotopic (exact) mass is 388 g/mol. The number of rotatable bonds is 9. The lowest BCUT2D eigenvalue weighted by atomic mass is 10.0. The second kappa shape index (κ2) is 9.67. The van der Waals surface area contributed by atoms with E-state index >= 15 is 0 Å². The summed E-state index contributed by atoms with van der Waals surface area (Å²) in [5.74, 6) is 0.239. The number of sulfonamides is 1. The molecule has 0 aliphatic rings. The number of carbonyl (C=O) groups is 1. The van der Waals surface area contributed by atoms with Crippen LogP contribution in [0.15, 0.2) is 54.6 Å². The van der Waals surface area contributed by atoms with Gasteiger partial charge in [0.25, 0.3) is 0 Å². The lowest BCUT2D eigenvalue weighted by molar-refractivity contribution is -0.116. The molecule has 0 atom stereocenters. The fourth-order valence-electron chi connectivity index (χ4n) is 2.74. The molecule has 0 spiro atoms. The molecule has 0 radical (unpaired) electrons. The minimum absolute atomic E-state index is 0.119. The van der Waals surface area contributed by atoms with Gasteiger partial charge in [0, 0.05) is 25.2 Å². The number of hydrogen-bond donors (Lipinski definition) is 1. The SMILES string of the molecule is CC(C)c1ccc(NC(=O)CCN(CCc2ccccc2)S(C)(=O)=O)cc1. The molecule has 0 aliphatic heterocycles. The van der Waals surface area contributed by atoms with E-state index in [1.165, 1.54) is 16.1 Å². The van der Waals surface area contributed by atoms with Crippen molar-refractivity contribution in [3.05, 3.63) is 65.7 Å². The molecule has 6 heteroatoms. The van der Waals surface area contributed by atoms with E-state index in [1.54, 1.807) is 0 Å². The molecule has 1 N–H and O–H groups in total. The Morgan fingerprint density at radius 3 is 2.19 bits per heavy atom. The number of carbonyl (C=O) groups excluding carboxylic acids is 1. The summed E-state index contributed by atoms with van der Waals surface area (Å²) in [5.41, 5.74) is 3.00. The maximum Gasteiger partial charge on any atom is 0.225 e. The molecule has 0 aliphatic carbocycles. The first-order valence-electron chi connectivity index (χ1n) is 9.14. The summed E-state index contributed by atoms with van der Waals surface area (Å²) in [7, 11) is -3.37. The molecule has 2 aromatic carbocycles. The standard InChI is InChI=1S/C21H28N2O3S/c1-17(2)19-9-11-20(12-10-19)22-21(24)14-16-23(27(3,25)26)15-13-18-7-5-4-6-8-18/h4-12,17H,13-16H2,1-3H3,(H,22,24). The van der Waals surface area contributed by atoms with Crippen LogP contribution in [0.3, 0.4) is 0 Å². The first-order chi connectivity index (χ1) is 12.8. The van der Waals surface area contributed by atoms with Gasteiger partial charge in [-0.05, 0) is 35.6 Å². The molecule has 0 saturated carbocycles. The van der Waals surface area contributed by atoms with Gasteiger partial charge in [0.05, 0.1) is 6.26 Å². The Morgan fingerprint density at radius 1 is 1.00 bits per heavy atom. The van der Waals surface area contributed by atoms with E-state index in [1.807, 2.05) is 54.6 Å². The molecule has 2 aromatic rings. The molecule has 0 bridgehead atoms. The topological polar surface area (TPSA) is 66.5 Å². The van der Waals surface area contributed by atoms with Crippen molar-refractivity contribution in [1.82, 2.24) is 4.31 Å². The van der Waals surface area contributed by atoms with Crippen LogP contribution in [-0.2, 0) is 21.2 Å². The van der Waals surface area contributed by atoms with Crippen molar-refractivity contribution in [2.24, 2.45) is 0 Å². The molecule has 0 aromatic heterocycles. The van der Waals surface area contributed by atoms with Gasteiger partial charge in [0.2, 0.25) is 15.9 Å². The summed E-state index contributed by atoms with van der Waals surface area (Å²) < 4.78 is 25.4. The summed E-state index contributed by atoms with van der Waals surface area (Å²) in [6, 6.07) is 17.4. The van der Waals surface area contributed by atoms with Gasteiger partial charge >= 0.3 is 0 Å². The van der Waals surface area contributed by atoms with Gasteiger partial charge < -0.3 is 5.32 Å². The molecular formula is C21H28N2O3S. The third-order valence-electron chi connectivity index (χ3n) is 4.41. The van der Waals surface area contributed by atoms with E-state index in [9.17, 15) is 13.2 Å². The zero-order valence-electron chi connectivity index (χ0n) is 16.2. The van der Waals surface area contributed by atoms with E-state index in [0.717, 1.165) is 11.3 Å². The Labute approximate surface area is 162 Å². The summed E-state index contributed by atoms with van der Waals surface area (Å²) in [4.78, 5) is 12.2. The van der Waals surface area contributed by atoms with Crippen molar-refractivity contribution in [3.8, 4) is 0 Å². The molecule has 5 nitrogen and oxygen atoms in total. The molecule has 0 fully saturated rings.